The van der Waals surface area contributed by atoms with Crippen LogP contribution in [0.1, 0.15) is 53.1 Å². The van der Waals surface area contributed by atoms with E-state index in [9.17, 15) is 14.0 Å². The lowest BCUT2D eigenvalue weighted by atomic mass is 9.88. The molecule has 0 saturated heterocycles. The Balaban J connectivity index is 1.85. The summed E-state index contributed by atoms with van der Waals surface area (Å²) in [6.45, 7) is 4.44. The van der Waals surface area contributed by atoms with Crippen molar-refractivity contribution in [3.8, 4) is 0 Å². The fourth-order valence-corrected chi connectivity index (χ4v) is 4.93. The Morgan fingerprint density at radius 2 is 2.21 bits per heavy atom. The van der Waals surface area contributed by atoms with E-state index in [1.807, 2.05) is 6.92 Å². The molecule has 1 aromatic carbocycles. The van der Waals surface area contributed by atoms with E-state index >= 15 is 0 Å². The van der Waals surface area contributed by atoms with Gasteiger partial charge in [-0.3, -0.25) is 4.79 Å². The molecular formula is C22H23ClFNO3S. The second-order valence-corrected chi connectivity index (χ2v) is 8.66. The number of carbonyl (C=O) groups excluding carboxylic acids is 2. The first-order valence-electron chi connectivity index (χ1n) is 9.65. The molecule has 1 aliphatic rings. The average Bonchev–Trinajstić information content (AvgIpc) is 3.02. The molecule has 2 aromatic rings. The van der Waals surface area contributed by atoms with Crippen molar-refractivity contribution in [2.45, 2.75) is 39.5 Å². The summed E-state index contributed by atoms with van der Waals surface area (Å²) in [4.78, 5) is 26.2. The molecule has 1 amide bonds. The number of nitrogens with one attached hydrogen (secondary N) is 1. The van der Waals surface area contributed by atoms with Gasteiger partial charge in [0.2, 0.25) is 5.91 Å². The first-order valence-corrected chi connectivity index (χ1v) is 10.8. The van der Waals surface area contributed by atoms with Gasteiger partial charge in [-0.15, -0.1) is 11.3 Å². The molecule has 1 aliphatic carbocycles. The summed E-state index contributed by atoms with van der Waals surface area (Å²) in [5.41, 5.74) is 1.58. The maximum Gasteiger partial charge on any atom is 0.341 e. The smallest absolute Gasteiger partial charge is 0.341 e. The minimum atomic E-state index is -0.508. The van der Waals surface area contributed by atoms with Crippen LogP contribution in [0.15, 0.2) is 24.3 Å². The normalized spacial score (nSPS) is 15.9. The highest BCUT2D eigenvalue weighted by molar-refractivity contribution is 7.17. The van der Waals surface area contributed by atoms with Crippen LogP contribution in [0.3, 0.4) is 0 Å². The molecular weight excluding hydrogens is 413 g/mol. The molecule has 3 rings (SSSR count). The summed E-state index contributed by atoms with van der Waals surface area (Å²) in [6.07, 6.45) is 5.94. The Hall–Kier alpha value is -2.18. The van der Waals surface area contributed by atoms with E-state index in [2.05, 4.69) is 12.2 Å². The number of carbonyl (C=O) groups is 2. The van der Waals surface area contributed by atoms with Crippen LogP contribution in [-0.4, -0.2) is 18.5 Å². The van der Waals surface area contributed by atoms with Gasteiger partial charge in [0.1, 0.15) is 10.8 Å². The lowest BCUT2D eigenvalue weighted by Gasteiger charge is -2.18. The molecule has 154 valence electrons. The third-order valence-electron chi connectivity index (χ3n) is 4.79. The SMILES string of the molecule is CCCOC(=O)c1c(NC(=O)C=Cc2c(F)cccc2Cl)sc2c1CCC(C)C2. The molecule has 1 N–H and O–H groups in total. The Morgan fingerprint density at radius 1 is 1.41 bits per heavy atom. The third kappa shape index (κ3) is 5.06. The van der Waals surface area contributed by atoms with Crippen LogP contribution in [-0.2, 0) is 22.4 Å². The number of halogens is 2. The number of fused-ring (bicyclic) bond motifs is 1. The molecule has 1 unspecified atom stereocenters. The van der Waals surface area contributed by atoms with Gasteiger partial charge in [0.15, 0.2) is 0 Å². The van der Waals surface area contributed by atoms with Crippen molar-refractivity contribution < 1.29 is 18.7 Å². The number of rotatable bonds is 6. The molecule has 4 nitrogen and oxygen atoms in total. The molecule has 0 spiro atoms. The van der Waals surface area contributed by atoms with Gasteiger partial charge in [-0.25, -0.2) is 9.18 Å². The van der Waals surface area contributed by atoms with Gasteiger partial charge in [0.25, 0.3) is 0 Å². The number of amides is 1. The Bertz CT molecular complexity index is 934. The summed E-state index contributed by atoms with van der Waals surface area (Å²) in [5.74, 6) is -0.839. The van der Waals surface area contributed by atoms with Crippen LogP contribution in [0.4, 0.5) is 9.39 Å². The van der Waals surface area contributed by atoms with Gasteiger partial charge in [0, 0.05) is 16.5 Å². The highest BCUT2D eigenvalue weighted by atomic mass is 35.5. The standard InChI is InChI=1S/C22H23ClFNO3S/c1-3-11-28-22(27)20-15-8-7-13(2)12-18(15)29-21(20)25-19(26)10-9-14-16(23)5-4-6-17(14)24/h4-6,9-10,13H,3,7-8,11-12H2,1-2H3,(H,25,26). The van der Waals surface area contributed by atoms with E-state index in [0.29, 0.717) is 23.1 Å². The second kappa shape index (κ2) is 9.55. The summed E-state index contributed by atoms with van der Waals surface area (Å²) in [6, 6.07) is 4.33. The predicted octanol–water partition coefficient (Wildman–Crippen LogP) is 5.88. The summed E-state index contributed by atoms with van der Waals surface area (Å²) in [7, 11) is 0. The van der Waals surface area contributed by atoms with Crippen molar-refractivity contribution in [2.24, 2.45) is 5.92 Å². The van der Waals surface area contributed by atoms with E-state index in [1.54, 1.807) is 6.07 Å². The van der Waals surface area contributed by atoms with E-state index in [1.165, 1.54) is 35.6 Å². The van der Waals surface area contributed by atoms with Crippen molar-refractivity contribution in [2.75, 3.05) is 11.9 Å². The maximum atomic E-state index is 13.9. The van der Waals surface area contributed by atoms with Gasteiger partial charge < -0.3 is 10.1 Å². The molecule has 1 heterocycles. The van der Waals surface area contributed by atoms with Gasteiger partial charge in [-0.2, -0.15) is 0 Å². The first kappa shape index (κ1) is 21.5. The second-order valence-electron chi connectivity index (χ2n) is 7.15. The Kier molecular flexibility index (Phi) is 7.09. The fraction of sp³-hybridized carbons (Fsp3) is 0.364. The molecule has 0 saturated carbocycles. The van der Waals surface area contributed by atoms with Crippen LogP contribution in [0, 0.1) is 11.7 Å². The third-order valence-corrected chi connectivity index (χ3v) is 6.29. The monoisotopic (exact) mass is 435 g/mol. The molecule has 0 aliphatic heterocycles. The van der Waals surface area contributed by atoms with Gasteiger partial charge in [-0.05, 0) is 55.4 Å². The maximum absolute atomic E-state index is 13.9. The van der Waals surface area contributed by atoms with Crippen LogP contribution >= 0.6 is 22.9 Å². The molecule has 0 fully saturated rings. The first-order chi connectivity index (χ1) is 13.9. The molecule has 29 heavy (non-hydrogen) atoms. The fourth-order valence-electron chi connectivity index (χ4n) is 3.30. The minimum absolute atomic E-state index is 0.145. The zero-order valence-corrected chi connectivity index (χ0v) is 18.0. The quantitative estimate of drug-likeness (QED) is 0.455. The zero-order valence-electron chi connectivity index (χ0n) is 16.4. The largest absolute Gasteiger partial charge is 0.462 e. The molecule has 7 heteroatoms. The van der Waals surface area contributed by atoms with E-state index in [0.717, 1.165) is 36.1 Å². The van der Waals surface area contributed by atoms with Crippen LogP contribution in [0.5, 0.6) is 0 Å². The van der Waals surface area contributed by atoms with Crippen molar-refractivity contribution in [3.63, 3.8) is 0 Å². The van der Waals surface area contributed by atoms with Crippen molar-refractivity contribution in [1.29, 1.82) is 0 Å². The van der Waals surface area contributed by atoms with Crippen LogP contribution in [0.2, 0.25) is 5.02 Å². The average molecular weight is 436 g/mol. The van der Waals surface area contributed by atoms with Crippen LogP contribution in [0.25, 0.3) is 6.08 Å². The lowest BCUT2D eigenvalue weighted by Crippen LogP contribution is -2.16. The Morgan fingerprint density at radius 3 is 2.93 bits per heavy atom. The number of anilines is 1. The summed E-state index contributed by atoms with van der Waals surface area (Å²) in [5, 5.41) is 3.48. The molecule has 1 atom stereocenters. The minimum Gasteiger partial charge on any atom is -0.462 e. The number of hydrogen-bond acceptors (Lipinski definition) is 4. The molecule has 0 bridgehead atoms. The van der Waals surface area contributed by atoms with Gasteiger partial charge >= 0.3 is 5.97 Å². The van der Waals surface area contributed by atoms with E-state index < -0.39 is 17.7 Å². The van der Waals surface area contributed by atoms with Crippen LogP contribution < -0.4 is 5.32 Å². The highest BCUT2D eigenvalue weighted by Gasteiger charge is 2.29. The predicted molar refractivity (Wildman–Crippen MR) is 115 cm³/mol. The number of thiophene rings is 1. The Labute approximate surface area is 178 Å². The topological polar surface area (TPSA) is 55.4 Å². The van der Waals surface area contributed by atoms with E-state index in [-0.39, 0.29) is 10.6 Å². The van der Waals surface area contributed by atoms with Crippen molar-refractivity contribution in [3.05, 3.63) is 56.7 Å². The zero-order chi connectivity index (χ0) is 21.0. The van der Waals surface area contributed by atoms with Gasteiger partial charge in [0.05, 0.1) is 17.2 Å². The van der Waals surface area contributed by atoms with Crippen molar-refractivity contribution >= 4 is 45.9 Å². The highest BCUT2D eigenvalue weighted by Crippen LogP contribution is 2.40. The lowest BCUT2D eigenvalue weighted by molar-refractivity contribution is -0.111. The number of esters is 1. The molecule has 0 radical (unpaired) electrons. The van der Waals surface area contributed by atoms with Crippen molar-refractivity contribution in [1.82, 2.24) is 0 Å². The summed E-state index contributed by atoms with van der Waals surface area (Å²) >= 11 is 7.41. The number of benzene rings is 1. The molecule has 1 aromatic heterocycles. The number of hydrogen-bond donors (Lipinski definition) is 1. The van der Waals surface area contributed by atoms with Gasteiger partial charge in [-0.1, -0.05) is 31.5 Å². The van der Waals surface area contributed by atoms with E-state index in [4.69, 9.17) is 16.3 Å². The number of ether oxygens (including phenoxy) is 1. The summed E-state index contributed by atoms with van der Waals surface area (Å²) < 4.78 is 19.2.